The molecule has 0 radical (unpaired) electrons. The van der Waals surface area contributed by atoms with E-state index in [1.165, 1.54) is 11.1 Å². The van der Waals surface area contributed by atoms with Crippen molar-refractivity contribution in [3.63, 3.8) is 0 Å². The van der Waals surface area contributed by atoms with Gasteiger partial charge in [-0.2, -0.15) is 0 Å². The van der Waals surface area contributed by atoms with Crippen LogP contribution in [-0.4, -0.2) is 22.5 Å². The van der Waals surface area contributed by atoms with Gasteiger partial charge in [0.1, 0.15) is 17.9 Å². The van der Waals surface area contributed by atoms with Crippen molar-refractivity contribution in [2.75, 3.05) is 0 Å². The van der Waals surface area contributed by atoms with Crippen molar-refractivity contribution in [2.24, 2.45) is 0 Å². The molecule has 1 amide bonds. The highest BCUT2D eigenvalue weighted by Gasteiger charge is 2.31. The molecule has 2 aromatic carbocycles. The second kappa shape index (κ2) is 6.92. The van der Waals surface area contributed by atoms with Crippen molar-refractivity contribution in [3.8, 4) is 5.75 Å². The Morgan fingerprint density at radius 1 is 1.04 bits per heavy atom. The summed E-state index contributed by atoms with van der Waals surface area (Å²) in [5, 5.41) is 2.36. The molecule has 2 heterocycles. The molecule has 2 aliphatic rings. The van der Waals surface area contributed by atoms with Crippen molar-refractivity contribution in [2.45, 2.75) is 37.8 Å². The minimum atomic E-state index is -0.411. The highest BCUT2D eigenvalue weighted by atomic mass is 32.2. The van der Waals surface area contributed by atoms with E-state index in [0.717, 1.165) is 42.3 Å². The average Bonchev–Trinajstić information content (AvgIpc) is 2.93. The topological polar surface area (TPSA) is 55.4 Å². The Morgan fingerprint density at radius 2 is 1.88 bits per heavy atom. The van der Waals surface area contributed by atoms with Crippen LogP contribution in [-0.2, 0) is 24.1 Å². The molecule has 1 saturated heterocycles. The number of benzene rings is 2. The van der Waals surface area contributed by atoms with Crippen LogP contribution in [0.2, 0.25) is 0 Å². The maximum absolute atomic E-state index is 11.7. The molecule has 2 aliphatic heterocycles. The van der Waals surface area contributed by atoms with Crippen molar-refractivity contribution in [1.82, 2.24) is 5.32 Å². The van der Waals surface area contributed by atoms with Crippen LogP contribution in [0.4, 0.5) is 4.79 Å². The van der Waals surface area contributed by atoms with Crippen molar-refractivity contribution in [3.05, 3.63) is 65.2 Å². The van der Waals surface area contributed by atoms with Gasteiger partial charge in [0.15, 0.2) is 0 Å². The summed E-state index contributed by atoms with van der Waals surface area (Å²) in [6, 6.07) is 16.1. The zero-order valence-corrected chi connectivity index (χ0v) is 14.6. The number of hydrogen-bond acceptors (Lipinski definition) is 4. The van der Waals surface area contributed by atoms with Gasteiger partial charge in [0.05, 0.1) is 0 Å². The van der Waals surface area contributed by atoms with E-state index in [-0.39, 0.29) is 16.5 Å². The van der Waals surface area contributed by atoms with E-state index >= 15 is 0 Å². The smallest absolute Gasteiger partial charge is 0.287 e. The lowest BCUT2D eigenvalue weighted by molar-refractivity contribution is -0.112. The van der Waals surface area contributed by atoms with E-state index < -0.39 is 6.04 Å². The van der Waals surface area contributed by atoms with Gasteiger partial charge in [0.2, 0.25) is 5.12 Å². The summed E-state index contributed by atoms with van der Waals surface area (Å²) >= 11 is 0.764. The predicted octanol–water partition coefficient (Wildman–Crippen LogP) is 3.52. The number of carbonyl (C=O) groups is 2. The molecule has 0 bridgehead atoms. The van der Waals surface area contributed by atoms with Crippen LogP contribution in [0.25, 0.3) is 0 Å². The van der Waals surface area contributed by atoms with Gasteiger partial charge in [-0.25, -0.2) is 0 Å². The second-order valence-electron chi connectivity index (χ2n) is 6.52. The molecule has 0 aliphatic carbocycles. The lowest BCUT2D eigenvalue weighted by Gasteiger charge is -2.27. The molecule has 0 spiro atoms. The Balaban J connectivity index is 1.42. The number of hydrogen-bond donors (Lipinski definition) is 1. The first-order chi connectivity index (χ1) is 12.2. The first kappa shape index (κ1) is 16.2. The molecular formula is C20H19NO3S. The summed E-state index contributed by atoms with van der Waals surface area (Å²) < 4.78 is 6.16. The SMILES string of the molecule is O=C1NC(Cc2ccc3c(c2)CCC(Cc2ccccc2)O3)C(=O)S1. The van der Waals surface area contributed by atoms with E-state index in [4.69, 9.17) is 4.74 Å². The van der Waals surface area contributed by atoms with Gasteiger partial charge in [-0.05, 0) is 35.6 Å². The molecule has 1 N–H and O–H groups in total. The van der Waals surface area contributed by atoms with Gasteiger partial charge >= 0.3 is 0 Å². The summed E-state index contributed by atoms with van der Waals surface area (Å²) in [4.78, 5) is 23.0. The Bertz CT molecular complexity index is 806. The predicted molar refractivity (Wildman–Crippen MR) is 97.9 cm³/mol. The lowest BCUT2D eigenvalue weighted by Crippen LogP contribution is -2.31. The number of nitrogens with one attached hydrogen (secondary N) is 1. The third-order valence-corrected chi connectivity index (χ3v) is 5.46. The van der Waals surface area contributed by atoms with Gasteiger partial charge in [-0.1, -0.05) is 42.5 Å². The summed E-state index contributed by atoms with van der Waals surface area (Å²) in [6.45, 7) is 0. The minimum absolute atomic E-state index is 0.0955. The highest BCUT2D eigenvalue weighted by molar-refractivity contribution is 8.26. The zero-order valence-electron chi connectivity index (χ0n) is 13.7. The maximum Gasteiger partial charge on any atom is 0.287 e. The lowest BCUT2D eigenvalue weighted by atomic mass is 9.95. The van der Waals surface area contributed by atoms with Crippen LogP contribution in [0, 0.1) is 0 Å². The maximum atomic E-state index is 11.7. The fraction of sp³-hybridized carbons (Fsp3) is 0.300. The van der Waals surface area contributed by atoms with Crippen molar-refractivity contribution >= 4 is 22.1 Å². The van der Waals surface area contributed by atoms with Crippen molar-refractivity contribution < 1.29 is 14.3 Å². The Hall–Kier alpha value is -2.27. The molecule has 5 heteroatoms. The van der Waals surface area contributed by atoms with E-state index in [9.17, 15) is 9.59 Å². The van der Waals surface area contributed by atoms with Gasteiger partial charge in [-0.3, -0.25) is 9.59 Å². The molecule has 2 aromatic rings. The van der Waals surface area contributed by atoms with Gasteiger partial charge in [-0.15, -0.1) is 0 Å². The summed E-state index contributed by atoms with van der Waals surface area (Å²) in [5.74, 6) is 0.937. The number of ether oxygens (including phenoxy) is 1. The number of rotatable bonds is 4. The molecule has 0 saturated carbocycles. The molecule has 2 atom stereocenters. The van der Waals surface area contributed by atoms with Crippen LogP contribution in [0.1, 0.15) is 23.1 Å². The number of thioether (sulfide) groups is 1. The number of carbonyl (C=O) groups excluding carboxylic acids is 2. The summed E-state index contributed by atoms with van der Waals surface area (Å²) in [7, 11) is 0. The van der Waals surface area contributed by atoms with Crippen LogP contribution < -0.4 is 10.1 Å². The number of fused-ring (bicyclic) bond motifs is 1. The minimum Gasteiger partial charge on any atom is -0.490 e. The molecular weight excluding hydrogens is 334 g/mol. The molecule has 25 heavy (non-hydrogen) atoms. The van der Waals surface area contributed by atoms with Crippen LogP contribution in [0.3, 0.4) is 0 Å². The third kappa shape index (κ3) is 3.71. The average molecular weight is 353 g/mol. The van der Waals surface area contributed by atoms with Crippen LogP contribution in [0.15, 0.2) is 48.5 Å². The van der Waals surface area contributed by atoms with E-state index in [1.807, 2.05) is 18.2 Å². The number of aryl methyl sites for hydroxylation is 1. The van der Waals surface area contributed by atoms with E-state index in [2.05, 4.69) is 35.6 Å². The Labute approximate surface area is 151 Å². The third-order valence-electron chi connectivity index (χ3n) is 4.67. The first-order valence-corrected chi connectivity index (χ1v) is 9.33. The quantitative estimate of drug-likeness (QED) is 0.914. The second-order valence-corrected chi connectivity index (χ2v) is 7.50. The standard InChI is InChI=1S/C20H19NO3S/c22-19-17(21-20(23)25-19)12-14-6-9-18-15(10-14)7-8-16(24-18)11-13-4-2-1-3-5-13/h1-6,9-10,16-17H,7-8,11-12H2,(H,21,23). The van der Waals surface area contributed by atoms with E-state index in [0.29, 0.717) is 6.42 Å². The highest BCUT2D eigenvalue weighted by Crippen LogP contribution is 2.30. The summed E-state index contributed by atoms with van der Waals surface area (Å²) in [5.41, 5.74) is 3.54. The largest absolute Gasteiger partial charge is 0.490 e. The molecule has 128 valence electrons. The molecule has 1 fully saturated rings. The fourth-order valence-corrected chi connectivity index (χ4v) is 4.08. The van der Waals surface area contributed by atoms with Gasteiger partial charge in [0.25, 0.3) is 5.24 Å². The zero-order chi connectivity index (χ0) is 17.2. The van der Waals surface area contributed by atoms with Gasteiger partial charge in [0, 0.05) is 24.6 Å². The van der Waals surface area contributed by atoms with Crippen LogP contribution >= 0.6 is 11.8 Å². The molecule has 2 unspecified atom stereocenters. The first-order valence-electron chi connectivity index (χ1n) is 8.52. The van der Waals surface area contributed by atoms with Crippen LogP contribution in [0.5, 0.6) is 5.75 Å². The van der Waals surface area contributed by atoms with Crippen molar-refractivity contribution in [1.29, 1.82) is 0 Å². The summed E-state index contributed by atoms with van der Waals surface area (Å²) in [6.07, 6.45) is 3.62. The van der Waals surface area contributed by atoms with Gasteiger partial charge < -0.3 is 10.1 Å². The molecule has 4 rings (SSSR count). The molecule has 4 nitrogen and oxygen atoms in total. The Kier molecular flexibility index (Phi) is 4.49. The number of amides is 1. The monoisotopic (exact) mass is 353 g/mol. The fourth-order valence-electron chi connectivity index (χ4n) is 3.41. The Morgan fingerprint density at radius 3 is 2.64 bits per heavy atom. The normalized spacial score (nSPS) is 22.2. The van der Waals surface area contributed by atoms with E-state index in [1.54, 1.807) is 0 Å². The molecule has 0 aromatic heterocycles.